The molecule has 3 rings (SSSR count). The Bertz CT molecular complexity index is 943. The summed E-state index contributed by atoms with van der Waals surface area (Å²) in [5.41, 5.74) is 1.78. The predicted molar refractivity (Wildman–Crippen MR) is 106 cm³/mol. The number of nitrogens with zero attached hydrogens (tertiary/aromatic N) is 2. The average Bonchev–Trinajstić information content (AvgIpc) is 3.16. The fourth-order valence-electron chi connectivity index (χ4n) is 2.46. The summed E-state index contributed by atoms with van der Waals surface area (Å²) < 4.78 is 15.0. The smallest absolute Gasteiger partial charge is 0.497 e. The third-order valence-electron chi connectivity index (χ3n) is 3.79. The van der Waals surface area contributed by atoms with Gasteiger partial charge in [0, 0.05) is 12.6 Å². The number of anilines is 1. The van der Waals surface area contributed by atoms with Crippen LogP contribution in [0.15, 0.2) is 42.5 Å². The van der Waals surface area contributed by atoms with Gasteiger partial charge in [0.2, 0.25) is 0 Å². The summed E-state index contributed by atoms with van der Waals surface area (Å²) in [5, 5.41) is 12.3. The normalized spacial score (nSPS) is 10.4. The van der Waals surface area contributed by atoms with Gasteiger partial charge in [-0.05, 0) is 36.2 Å². The number of carbonyl (C=O) groups is 1. The molecule has 0 saturated heterocycles. The first-order valence-corrected chi connectivity index (χ1v) is 9.20. The summed E-state index contributed by atoms with van der Waals surface area (Å²) in [6.07, 6.45) is -0.545. The molecule has 9 heteroatoms. The van der Waals surface area contributed by atoms with Crippen molar-refractivity contribution in [1.82, 2.24) is 9.97 Å². The zero-order valence-electron chi connectivity index (χ0n) is 15.3. The summed E-state index contributed by atoms with van der Waals surface area (Å²) in [6.45, 7) is 0.670. The number of hydrogen-bond acceptors (Lipinski definition) is 8. The molecule has 0 spiro atoms. The second-order valence-electron chi connectivity index (χ2n) is 5.64. The molecule has 0 bridgehead atoms. The SMILES string of the molecule is COc1ccc(CCNc2cc(-c3ccc(OC(=O)O)s3)nc(OC)n2)cc1. The van der Waals surface area contributed by atoms with Crippen LogP contribution in [0.2, 0.25) is 0 Å². The molecule has 2 N–H and O–H groups in total. The van der Waals surface area contributed by atoms with E-state index in [0.717, 1.165) is 17.0 Å². The van der Waals surface area contributed by atoms with Crippen molar-refractivity contribution in [3.8, 4) is 27.4 Å². The first-order chi connectivity index (χ1) is 13.6. The van der Waals surface area contributed by atoms with Gasteiger partial charge in [-0.1, -0.05) is 23.5 Å². The van der Waals surface area contributed by atoms with Gasteiger partial charge in [-0.25, -0.2) is 4.79 Å². The molecule has 0 aliphatic rings. The number of benzene rings is 1. The van der Waals surface area contributed by atoms with Crippen molar-refractivity contribution in [1.29, 1.82) is 0 Å². The Morgan fingerprint density at radius 3 is 2.57 bits per heavy atom. The van der Waals surface area contributed by atoms with Gasteiger partial charge < -0.3 is 24.6 Å². The maximum atomic E-state index is 10.7. The lowest BCUT2D eigenvalue weighted by atomic mass is 10.1. The number of rotatable bonds is 8. The van der Waals surface area contributed by atoms with E-state index in [1.165, 1.54) is 24.0 Å². The highest BCUT2D eigenvalue weighted by Gasteiger charge is 2.11. The zero-order chi connectivity index (χ0) is 19.9. The van der Waals surface area contributed by atoms with Crippen LogP contribution in [0.25, 0.3) is 10.6 Å². The molecule has 0 amide bonds. The van der Waals surface area contributed by atoms with Crippen LogP contribution in [-0.2, 0) is 6.42 Å². The van der Waals surface area contributed by atoms with Gasteiger partial charge in [0.1, 0.15) is 11.6 Å². The quantitative estimate of drug-likeness (QED) is 0.547. The number of methoxy groups -OCH3 is 2. The predicted octanol–water partition coefficient (Wildman–Crippen LogP) is 3.93. The first kappa shape index (κ1) is 19.4. The Morgan fingerprint density at radius 1 is 1.11 bits per heavy atom. The zero-order valence-corrected chi connectivity index (χ0v) is 16.2. The molecule has 0 aliphatic carbocycles. The van der Waals surface area contributed by atoms with Crippen molar-refractivity contribution >= 4 is 23.3 Å². The molecule has 0 fully saturated rings. The molecule has 1 aromatic carbocycles. The summed E-state index contributed by atoms with van der Waals surface area (Å²) in [7, 11) is 3.13. The maximum Gasteiger partial charge on any atom is 0.512 e. The van der Waals surface area contributed by atoms with E-state index in [9.17, 15) is 4.79 Å². The van der Waals surface area contributed by atoms with Gasteiger partial charge in [0.15, 0.2) is 5.06 Å². The average molecular weight is 401 g/mol. The van der Waals surface area contributed by atoms with E-state index >= 15 is 0 Å². The van der Waals surface area contributed by atoms with Crippen LogP contribution in [-0.4, -0.2) is 42.0 Å². The number of hydrogen-bond donors (Lipinski definition) is 2. The molecule has 0 saturated carbocycles. The van der Waals surface area contributed by atoms with E-state index in [0.29, 0.717) is 18.1 Å². The Hall–Kier alpha value is -3.33. The minimum atomic E-state index is -1.35. The van der Waals surface area contributed by atoms with Crippen LogP contribution in [0.5, 0.6) is 16.8 Å². The maximum absolute atomic E-state index is 10.7. The highest BCUT2D eigenvalue weighted by atomic mass is 32.1. The minimum absolute atomic E-state index is 0.221. The van der Waals surface area contributed by atoms with Crippen molar-refractivity contribution in [3.63, 3.8) is 0 Å². The summed E-state index contributed by atoms with van der Waals surface area (Å²) >= 11 is 1.18. The Balaban J connectivity index is 1.69. The Morgan fingerprint density at radius 2 is 1.89 bits per heavy atom. The van der Waals surface area contributed by atoms with Gasteiger partial charge >= 0.3 is 12.2 Å². The van der Waals surface area contributed by atoms with Crippen LogP contribution in [0.1, 0.15) is 5.56 Å². The molecule has 2 aromatic heterocycles. The van der Waals surface area contributed by atoms with Gasteiger partial charge in [-0.2, -0.15) is 9.97 Å². The van der Waals surface area contributed by atoms with Crippen LogP contribution in [0.3, 0.4) is 0 Å². The third kappa shape index (κ3) is 5.10. The molecule has 146 valence electrons. The van der Waals surface area contributed by atoms with Gasteiger partial charge in [0.25, 0.3) is 0 Å². The molecule has 0 aliphatic heterocycles. The monoisotopic (exact) mass is 401 g/mol. The van der Waals surface area contributed by atoms with Gasteiger partial charge in [-0.3, -0.25) is 0 Å². The lowest BCUT2D eigenvalue weighted by Gasteiger charge is -2.09. The summed E-state index contributed by atoms with van der Waals surface area (Å²) in [6, 6.07) is 13.2. The van der Waals surface area contributed by atoms with Crippen molar-refractivity contribution in [3.05, 3.63) is 48.0 Å². The standard InChI is InChI=1S/C19H19N3O5S/c1-25-13-5-3-12(4-6-13)9-10-20-16-11-14(21-18(22-16)26-2)15-7-8-17(28-15)27-19(23)24/h3-8,11H,9-10H2,1-2H3,(H,23,24)(H,20,21,22). The fraction of sp³-hybridized carbons (Fsp3) is 0.211. The second kappa shape index (κ2) is 9.05. The van der Waals surface area contributed by atoms with E-state index in [2.05, 4.69) is 20.0 Å². The van der Waals surface area contributed by atoms with Gasteiger partial charge in [0.05, 0.1) is 24.8 Å². The number of ether oxygens (including phenoxy) is 3. The fourth-order valence-corrected chi connectivity index (χ4v) is 3.27. The molecule has 3 aromatic rings. The number of carboxylic acid groups (broad SMARTS) is 1. The van der Waals surface area contributed by atoms with Crippen molar-refractivity contribution in [2.45, 2.75) is 6.42 Å². The number of thiophene rings is 1. The molecule has 2 heterocycles. The topological polar surface area (TPSA) is 103 Å². The second-order valence-corrected chi connectivity index (χ2v) is 6.68. The highest BCUT2D eigenvalue weighted by Crippen LogP contribution is 2.33. The first-order valence-electron chi connectivity index (χ1n) is 8.38. The lowest BCUT2D eigenvalue weighted by Crippen LogP contribution is -2.07. The van der Waals surface area contributed by atoms with E-state index in [1.54, 1.807) is 25.3 Å². The van der Waals surface area contributed by atoms with E-state index in [-0.39, 0.29) is 11.1 Å². The Kier molecular flexibility index (Phi) is 6.28. The third-order valence-corrected chi connectivity index (χ3v) is 4.77. The lowest BCUT2D eigenvalue weighted by molar-refractivity contribution is 0.146. The van der Waals surface area contributed by atoms with Crippen LogP contribution in [0.4, 0.5) is 10.6 Å². The Labute approximate surface area is 165 Å². The van der Waals surface area contributed by atoms with Gasteiger partial charge in [-0.15, -0.1) is 0 Å². The van der Waals surface area contributed by atoms with Crippen LogP contribution >= 0.6 is 11.3 Å². The molecule has 28 heavy (non-hydrogen) atoms. The van der Waals surface area contributed by atoms with E-state index < -0.39 is 6.16 Å². The highest BCUT2D eigenvalue weighted by molar-refractivity contribution is 7.17. The molecule has 0 radical (unpaired) electrons. The van der Waals surface area contributed by atoms with Crippen LogP contribution < -0.4 is 19.5 Å². The number of aromatic nitrogens is 2. The van der Waals surface area contributed by atoms with Crippen LogP contribution in [0, 0.1) is 0 Å². The molecular formula is C19H19N3O5S. The van der Waals surface area contributed by atoms with Crippen molar-refractivity contribution < 1.29 is 24.1 Å². The van der Waals surface area contributed by atoms with E-state index in [4.69, 9.17) is 14.6 Å². The summed E-state index contributed by atoms with van der Waals surface area (Å²) in [4.78, 5) is 20.0. The largest absolute Gasteiger partial charge is 0.512 e. The molecule has 0 atom stereocenters. The van der Waals surface area contributed by atoms with E-state index in [1.807, 2.05) is 24.3 Å². The molecule has 8 nitrogen and oxygen atoms in total. The minimum Gasteiger partial charge on any atom is -0.497 e. The number of nitrogens with one attached hydrogen (secondary N) is 1. The summed E-state index contributed by atoms with van der Waals surface area (Å²) in [5.74, 6) is 1.44. The molecule has 0 unspecified atom stereocenters. The van der Waals surface area contributed by atoms with Crippen molar-refractivity contribution in [2.75, 3.05) is 26.1 Å². The van der Waals surface area contributed by atoms with Crippen molar-refractivity contribution in [2.24, 2.45) is 0 Å². The molecular weight excluding hydrogens is 382 g/mol.